The molecule has 0 unspecified atom stereocenters. The number of halogens is 1. The van der Waals surface area contributed by atoms with Crippen molar-refractivity contribution in [2.24, 2.45) is 0 Å². The van der Waals surface area contributed by atoms with E-state index in [1.54, 1.807) is 0 Å². The number of carbonyl (C=O) groups is 1. The molecule has 1 aromatic rings. The van der Waals surface area contributed by atoms with Crippen LogP contribution >= 0.6 is 11.6 Å². The van der Waals surface area contributed by atoms with E-state index in [1.807, 2.05) is 0 Å². The minimum atomic E-state index is -0.992. The first-order valence-electron chi connectivity index (χ1n) is 4.09. The molecule has 1 aromatic carbocycles. The summed E-state index contributed by atoms with van der Waals surface area (Å²) in [6.45, 7) is 0. The van der Waals surface area contributed by atoms with Crippen LogP contribution in [0.1, 0.15) is 10.4 Å². The summed E-state index contributed by atoms with van der Waals surface area (Å²) < 4.78 is 4.31. The minimum absolute atomic E-state index is 0.374. The van der Waals surface area contributed by atoms with E-state index in [9.17, 15) is 25.0 Å². The van der Waals surface area contributed by atoms with Gasteiger partial charge in [0.2, 0.25) is 0 Å². The average molecular weight is 261 g/mol. The van der Waals surface area contributed by atoms with Crippen LogP contribution < -0.4 is 0 Å². The third-order valence-electron chi connectivity index (χ3n) is 1.86. The van der Waals surface area contributed by atoms with E-state index in [2.05, 4.69) is 4.74 Å². The van der Waals surface area contributed by atoms with Gasteiger partial charge in [-0.1, -0.05) is 11.6 Å². The first-order chi connectivity index (χ1) is 7.88. The fraction of sp³-hybridized carbons (Fsp3) is 0.125. The number of rotatable bonds is 3. The second kappa shape index (κ2) is 4.74. The van der Waals surface area contributed by atoms with Gasteiger partial charge >= 0.3 is 5.97 Å². The molecular weight excluding hydrogens is 256 g/mol. The van der Waals surface area contributed by atoms with E-state index in [4.69, 9.17) is 11.6 Å². The largest absolute Gasteiger partial charge is 0.465 e. The molecule has 17 heavy (non-hydrogen) atoms. The Bertz CT molecular complexity index is 515. The van der Waals surface area contributed by atoms with E-state index in [0.717, 1.165) is 13.2 Å². The summed E-state index contributed by atoms with van der Waals surface area (Å²) in [5.74, 6) is -0.992. The number of benzene rings is 1. The Labute approximate surface area is 99.0 Å². The average Bonchev–Trinajstić information content (AvgIpc) is 2.26. The summed E-state index contributed by atoms with van der Waals surface area (Å²) >= 11 is 5.53. The molecule has 0 atom stereocenters. The van der Waals surface area contributed by atoms with Crippen molar-refractivity contribution in [2.45, 2.75) is 0 Å². The number of nitrogens with zero attached hydrogens (tertiary/aromatic N) is 2. The van der Waals surface area contributed by atoms with Crippen LogP contribution in [0.5, 0.6) is 0 Å². The quantitative estimate of drug-likeness (QED) is 0.466. The Balaban J connectivity index is 3.52. The van der Waals surface area contributed by atoms with E-state index in [1.165, 1.54) is 0 Å². The first kappa shape index (κ1) is 12.8. The van der Waals surface area contributed by atoms with E-state index in [0.29, 0.717) is 6.07 Å². The number of ether oxygens (including phenoxy) is 1. The molecule has 90 valence electrons. The molecule has 8 nitrogen and oxygen atoms in total. The lowest BCUT2D eigenvalue weighted by Gasteiger charge is -2.02. The predicted octanol–water partition coefficient (Wildman–Crippen LogP) is 1.94. The Morgan fingerprint density at radius 2 is 1.76 bits per heavy atom. The highest BCUT2D eigenvalue weighted by molar-refractivity contribution is 6.33. The van der Waals surface area contributed by atoms with Gasteiger partial charge in [-0.2, -0.15) is 0 Å². The summed E-state index contributed by atoms with van der Waals surface area (Å²) in [5.41, 5.74) is -1.81. The fourth-order valence-corrected chi connectivity index (χ4v) is 1.35. The molecule has 0 saturated heterocycles. The van der Waals surface area contributed by atoms with Crippen LogP contribution in [0, 0.1) is 20.2 Å². The van der Waals surface area contributed by atoms with Crippen molar-refractivity contribution in [1.29, 1.82) is 0 Å². The number of hydrogen-bond acceptors (Lipinski definition) is 6. The van der Waals surface area contributed by atoms with Crippen LogP contribution in [0.15, 0.2) is 12.1 Å². The first-order valence-corrected chi connectivity index (χ1v) is 4.47. The molecule has 0 spiro atoms. The van der Waals surface area contributed by atoms with Gasteiger partial charge in [-0.15, -0.1) is 0 Å². The topological polar surface area (TPSA) is 113 Å². The number of nitro groups is 2. The lowest BCUT2D eigenvalue weighted by Crippen LogP contribution is -2.06. The zero-order chi connectivity index (χ0) is 13.2. The molecule has 0 aromatic heterocycles. The van der Waals surface area contributed by atoms with Crippen LogP contribution in [0.3, 0.4) is 0 Å². The normalized spacial score (nSPS) is 9.76. The van der Waals surface area contributed by atoms with Crippen molar-refractivity contribution in [3.63, 3.8) is 0 Å². The van der Waals surface area contributed by atoms with E-state index >= 15 is 0 Å². The summed E-state index contributed by atoms with van der Waals surface area (Å²) in [7, 11) is 1.03. The molecule has 0 radical (unpaired) electrons. The van der Waals surface area contributed by atoms with Gasteiger partial charge in [-0.25, -0.2) is 4.79 Å². The number of esters is 1. The number of hydrogen-bond donors (Lipinski definition) is 0. The highest BCUT2D eigenvalue weighted by Gasteiger charge is 2.27. The van der Waals surface area contributed by atoms with Crippen molar-refractivity contribution in [1.82, 2.24) is 0 Å². The molecule has 0 bridgehead atoms. The van der Waals surface area contributed by atoms with E-state index < -0.39 is 32.8 Å². The molecule has 0 amide bonds. The smallest absolute Gasteiger partial charge is 0.344 e. The third-order valence-corrected chi connectivity index (χ3v) is 2.17. The Kier molecular flexibility index (Phi) is 3.59. The maximum Gasteiger partial charge on any atom is 0.344 e. The Morgan fingerprint density at radius 1 is 1.24 bits per heavy atom. The van der Waals surface area contributed by atoms with Gasteiger partial charge in [-0.05, 0) is 6.07 Å². The Hall–Kier alpha value is -2.22. The summed E-state index contributed by atoms with van der Waals surface area (Å²) in [5, 5.41) is 20.8. The molecule has 0 aliphatic heterocycles. The zero-order valence-corrected chi connectivity index (χ0v) is 9.13. The predicted molar refractivity (Wildman–Crippen MR) is 56.1 cm³/mol. The van der Waals surface area contributed by atoms with Gasteiger partial charge in [-0.3, -0.25) is 20.2 Å². The third kappa shape index (κ3) is 2.48. The lowest BCUT2D eigenvalue weighted by molar-refractivity contribution is -0.394. The van der Waals surface area contributed by atoms with Crippen molar-refractivity contribution in [2.75, 3.05) is 7.11 Å². The van der Waals surface area contributed by atoms with Crippen molar-refractivity contribution in [3.8, 4) is 0 Å². The second-order valence-corrected chi connectivity index (χ2v) is 3.23. The monoisotopic (exact) mass is 260 g/mol. The molecule has 0 fully saturated rings. The van der Waals surface area contributed by atoms with Gasteiger partial charge in [0.05, 0.1) is 23.0 Å². The van der Waals surface area contributed by atoms with Crippen LogP contribution in [-0.2, 0) is 4.74 Å². The highest BCUT2D eigenvalue weighted by atomic mass is 35.5. The van der Waals surface area contributed by atoms with Crippen molar-refractivity contribution < 1.29 is 19.4 Å². The highest BCUT2D eigenvalue weighted by Crippen LogP contribution is 2.32. The standard InChI is InChI=1S/C8H5ClN2O6/c1-17-8(12)4-2-5(9)7(11(15)16)3-6(4)10(13)14/h2-3H,1H3. The molecule has 0 aliphatic carbocycles. The molecule has 0 saturated carbocycles. The van der Waals surface area contributed by atoms with Crippen molar-refractivity contribution >= 4 is 28.9 Å². The van der Waals surface area contributed by atoms with Crippen LogP contribution in [0.4, 0.5) is 11.4 Å². The molecule has 0 aliphatic rings. The van der Waals surface area contributed by atoms with Crippen molar-refractivity contribution in [3.05, 3.63) is 42.9 Å². The lowest BCUT2D eigenvalue weighted by atomic mass is 10.1. The van der Waals surface area contributed by atoms with Gasteiger partial charge in [0.15, 0.2) is 0 Å². The number of nitro benzene ring substituents is 2. The zero-order valence-electron chi connectivity index (χ0n) is 8.38. The summed E-state index contributed by atoms with van der Waals surface area (Å²) in [4.78, 5) is 30.6. The van der Waals surface area contributed by atoms with Crippen LogP contribution in [-0.4, -0.2) is 22.9 Å². The summed E-state index contributed by atoms with van der Waals surface area (Å²) in [6, 6.07) is 1.46. The van der Waals surface area contributed by atoms with Gasteiger partial charge in [0.25, 0.3) is 11.4 Å². The van der Waals surface area contributed by atoms with Gasteiger partial charge < -0.3 is 4.74 Å². The maximum absolute atomic E-state index is 11.2. The van der Waals surface area contributed by atoms with Crippen LogP contribution in [0.25, 0.3) is 0 Å². The molecule has 0 N–H and O–H groups in total. The fourth-order valence-electron chi connectivity index (χ4n) is 1.12. The van der Waals surface area contributed by atoms with E-state index in [-0.39, 0.29) is 5.02 Å². The van der Waals surface area contributed by atoms with Gasteiger partial charge in [0, 0.05) is 0 Å². The molecule has 9 heteroatoms. The maximum atomic E-state index is 11.2. The SMILES string of the molecule is COC(=O)c1cc(Cl)c([N+](=O)[O-])cc1[N+](=O)[O-]. The summed E-state index contributed by atoms with van der Waals surface area (Å²) in [6.07, 6.45) is 0. The number of carbonyl (C=O) groups excluding carboxylic acids is 1. The number of methoxy groups -OCH3 is 1. The minimum Gasteiger partial charge on any atom is -0.465 e. The Morgan fingerprint density at radius 3 is 2.18 bits per heavy atom. The molecular formula is C8H5ClN2O6. The van der Waals surface area contributed by atoms with Crippen LogP contribution in [0.2, 0.25) is 5.02 Å². The van der Waals surface area contributed by atoms with Gasteiger partial charge in [0.1, 0.15) is 10.6 Å². The second-order valence-electron chi connectivity index (χ2n) is 2.83. The molecule has 1 rings (SSSR count). The molecule has 0 heterocycles.